The zero-order valence-electron chi connectivity index (χ0n) is 12.7. The second-order valence-corrected chi connectivity index (χ2v) is 6.02. The van der Waals surface area contributed by atoms with Crippen molar-refractivity contribution in [2.24, 2.45) is 5.10 Å². The minimum Gasteiger partial charge on any atom is -0.265 e. The summed E-state index contributed by atoms with van der Waals surface area (Å²) in [6, 6.07) is 10.9. The van der Waals surface area contributed by atoms with Gasteiger partial charge >= 0.3 is 0 Å². The van der Waals surface area contributed by atoms with Gasteiger partial charge in [-0.2, -0.15) is 10.2 Å². The summed E-state index contributed by atoms with van der Waals surface area (Å²) in [5.74, 6) is 0.582. The number of thiocarbonyl (C=S) groups is 1. The van der Waals surface area contributed by atoms with Gasteiger partial charge in [-0.1, -0.05) is 23.7 Å². The number of aromatic amines is 1. The van der Waals surface area contributed by atoms with Gasteiger partial charge in [-0.25, -0.2) is 9.77 Å². The van der Waals surface area contributed by atoms with Crippen molar-refractivity contribution in [3.8, 4) is 11.4 Å². The van der Waals surface area contributed by atoms with Gasteiger partial charge in [0.1, 0.15) is 0 Å². The fourth-order valence-corrected chi connectivity index (χ4v) is 2.38. The third-order valence-corrected chi connectivity index (χ3v) is 3.78. The largest absolute Gasteiger partial charge is 0.265 e. The van der Waals surface area contributed by atoms with E-state index < -0.39 is 0 Å². The van der Waals surface area contributed by atoms with Crippen molar-refractivity contribution >= 4 is 47.4 Å². The highest BCUT2D eigenvalue weighted by molar-refractivity contribution is 7.80. The number of benzene rings is 1. The molecule has 0 bridgehead atoms. The van der Waals surface area contributed by atoms with E-state index in [1.165, 1.54) is 0 Å². The van der Waals surface area contributed by atoms with E-state index in [0.29, 0.717) is 15.6 Å². The molecular weight excluding hydrogens is 378 g/mol. The van der Waals surface area contributed by atoms with Crippen molar-refractivity contribution in [1.29, 1.82) is 0 Å². The van der Waals surface area contributed by atoms with Gasteiger partial charge in [-0.05, 0) is 54.3 Å². The van der Waals surface area contributed by atoms with Crippen molar-refractivity contribution in [1.82, 2.24) is 25.3 Å². The normalized spacial score (nSPS) is 10.8. The number of rotatable bonds is 4. The van der Waals surface area contributed by atoms with Gasteiger partial charge in [-0.15, -0.1) is 0 Å². The number of hydrogen-bond acceptors (Lipinski definition) is 5. The molecule has 0 amide bonds. The number of nitrogens with zero attached hydrogens (tertiary/aromatic N) is 4. The van der Waals surface area contributed by atoms with Gasteiger partial charge in [-0.3, -0.25) is 15.8 Å². The molecule has 1 aromatic carbocycles. The van der Waals surface area contributed by atoms with E-state index in [0.717, 1.165) is 11.1 Å². The molecule has 0 aliphatic heterocycles. The average Bonchev–Trinajstić information content (AvgIpc) is 2.98. The van der Waals surface area contributed by atoms with Crippen LogP contribution >= 0.6 is 36.0 Å². The van der Waals surface area contributed by atoms with Crippen LogP contribution in [0.4, 0.5) is 0 Å². The van der Waals surface area contributed by atoms with Gasteiger partial charge in [0.25, 0.3) is 0 Å². The summed E-state index contributed by atoms with van der Waals surface area (Å²) in [6.45, 7) is 0. The summed E-state index contributed by atoms with van der Waals surface area (Å²) < 4.78 is 1.93. The number of H-pyrrole nitrogens is 1. The Morgan fingerprint density at radius 3 is 2.64 bits per heavy atom. The molecule has 0 aliphatic carbocycles. The molecule has 0 fully saturated rings. The lowest BCUT2D eigenvalue weighted by atomic mass is 10.2. The summed E-state index contributed by atoms with van der Waals surface area (Å²) in [5.41, 5.74) is 7.38. The second-order valence-electron chi connectivity index (χ2n) is 4.79. The highest BCUT2D eigenvalue weighted by Gasteiger charge is 2.09. The lowest BCUT2D eigenvalue weighted by molar-refractivity contribution is 0.925. The number of aromatic nitrogens is 4. The average molecular weight is 390 g/mol. The highest BCUT2D eigenvalue weighted by Crippen LogP contribution is 2.14. The van der Waals surface area contributed by atoms with Crippen molar-refractivity contribution in [2.45, 2.75) is 0 Å². The first-order valence-corrected chi connectivity index (χ1v) is 8.26. The number of nitrogens with one attached hydrogen (secondary N) is 3. The second kappa shape index (κ2) is 7.97. The first kappa shape index (κ1) is 17.2. The number of hydrazone groups is 1. The monoisotopic (exact) mass is 389 g/mol. The van der Waals surface area contributed by atoms with Gasteiger partial charge in [0.15, 0.2) is 5.82 Å². The van der Waals surface area contributed by atoms with Crippen molar-refractivity contribution in [2.75, 3.05) is 5.43 Å². The molecule has 25 heavy (non-hydrogen) atoms. The van der Waals surface area contributed by atoms with Gasteiger partial charge in [0.05, 0.1) is 6.21 Å². The predicted molar refractivity (Wildman–Crippen MR) is 105 cm³/mol. The lowest BCUT2D eigenvalue weighted by Gasteiger charge is -2.10. The predicted octanol–water partition coefficient (Wildman–Crippen LogP) is 3.11. The van der Waals surface area contributed by atoms with Crippen LogP contribution in [-0.2, 0) is 0 Å². The fraction of sp³-hybridized carbons (Fsp3) is 0. The zero-order chi connectivity index (χ0) is 17.6. The van der Waals surface area contributed by atoms with Crippen LogP contribution in [0.3, 0.4) is 0 Å². The molecular formula is C15H12ClN7S2. The Morgan fingerprint density at radius 2 is 1.92 bits per heavy atom. The van der Waals surface area contributed by atoms with Crippen molar-refractivity contribution in [3.63, 3.8) is 0 Å². The minimum atomic E-state index is 0.262. The van der Waals surface area contributed by atoms with E-state index in [9.17, 15) is 0 Å². The van der Waals surface area contributed by atoms with Crippen LogP contribution < -0.4 is 10.9 Å². The maximum absolute atomic E-state index is 5.84. The van der Waals surface area contributed by atoms with Gasteiger partial charge in [0.2, 0.25) is 9.88 Å². The zero-order valence-corrected chi connectivity index (χ0v) is 15.1. The summed E-state index contributed by atoms with van der Waals surface area (Å²) in [4.78, 5) is 3.98. The molecule has 0 atom stereocenters. The molecule has 0 aliphatic rings. The van der Waals surface area contributed by atoms with Crippen LogP contribution in [0.1, 0.15) is 5.56 Å². The molecule has 0 saturated heterocycles. The summed E-state index contributed by atoms with van der Waals surface area (Å²) in [5, 5.41) is 11.9. The van der Waals surface area contributed by atoms with Gasteiger partial charge < -0.3 is 0 Å². The first-order valence-electron chi connectivity index (χ1n) is 7.07. The summed E-state index contributed by atoms with van der Waals surface area (Å²) in [7, 11) is 0. The smallest absolute Gasteiger partial charge is 0.215 e. The highest BCUT2D eigenvalue weighted by atomic mass is 35.5. The number of halogens is 1. The Morgan fingerprint density at radius 1 is 1.20 bits per heavy atom. The maximum Gasteiger partial charge on any atom is 0.215 e. The number of hydrogen-bond donors (Lipinski definition) is 3. The molecule has 3 aromatic rings. The maximum atomic E-state index is 5.84. The molecule has 0 radical (unpaired) electrons. The molecule has 2 aromatic heterocycles. The SMILES string of the molecule is S=C(N/N=C/c1ccc(Cl)cc1)Nn1c(-c2ccncc2)n[nH]c1=S. The molecule has 7 nitrogen and oxygen atoms in total. The molecule has 3 rings (SSSR count). The third-order valence-electron chi connectivity index (χ3n) is 3.07. The quantitative estimate of drug-likeness (QED) is 0.361. The van der Waals surface area contributed by atoms with E-state index in [4.69, 9.17) is 36.0 Å². The van der Waals surface area contributed by atoms with Crippen molar-refractivity contribution < 1.29 is 0 Å². The Kier molecular flexibility index (Phi) is 5.49. The molecule has 0 unspecified atom stereocenters. The van der Waals surface area contributed by atoms with E-state index in [-0.39, 0.29) is 5.11 Å². The molecule has 3 N–H and O–H groups in total. The molecule has 0 spiro atoms. The van der Waals surface area contributed by atoms with Crippen LogP contribution in [0.5, 0.6) is 0 Å². The summed E-state index contributed by atoms with van der Waals surface area (Å²) >= 11 is 16.3. The van der Waals surface area contributed by atoms with Crippen LogP contribution in [-0.4, -0.2) is 31.2 Å². The third kappa shape index (κ3) is 4.47. The first-order chi connectivity index (χ1) is 12.1. The molecule has 2 heterocycles. The van der Waals surface area contributed by atoms with Crippen LogP contribution in [0.2, 0.25) is 5.02 Å². The Labute approximate surface area is 158 Å². The number of pyridine rings is 1. The Hall–Kier alpha value is -2.62. The minimum absolute atomic E-state index is 0.262. The Bertz CT molecular complexity index is 948. The van der Waals surface area contributed by atoms with Crippen LogP contribution in [0.25, 0.3) is 11.4 Å². The fourth-order valence-electron chi connectivity index (χ4n) is 1.94. The van der Waals surface area contributed by atoms with E-state index in [2.05, 4.69) is 31.1 Å². The van der Waals surface area contributed by atoms with Crippen LogP contribution in [0.15, 0.2) is 53.9 Å². The van der Waals surface area contributed by atoms with Gasteiger partial charge in [0, 0.05) is 23.0 Å². The molecule has 0 saturated carbocycles. The standard InChI is InChI=1S/C15H12ClN7S2/c16-12-3-1-10(2-4-12)9-18-20-14(24)22-23-13(19-21-15(23)25)11-5-7-17-8-6-11/h1-9H,(H,21,25)(H2,20,22,24)/b18-9+. The molecule has 126 valence electrons. The van der Waals surface area contributed by atoms with Crippen LogP contribution in [0, 0.1) is 4.77 Å². The summed E-state index contributed by atoms with van der Waals surface area (Å²) in [6.07, 6.45) is 4.97. The lowest BCUT2D eigenvalue weighted by Crippen LogP contribution is -2.31. The topological polar surface area (TPSA) is 82.9 Å². The van der Waals surface area contributed by atoms with E-state index in [1.54, 1.807) is 35.4 Å². The van der Waals surface area contributed by atoms with Crippen molar-refractivity contribution in [3.05, 3.63) is 64.1 Å². The molecule has 10 heteroatoms. The van der Waals surface area contributed by atoms with E-state index >= 15 is 0 Å². The Balaban J connectivity index is 1.68. The van der Waals surface area contributed by atoms with E-state index in [1.807, 2.05) is 24.3 Å².